The fraction of sp³-hybridized carbons (Fsp3) is 0.143. The second kappa shape index (κ2) is 7.58. The average Bonchev–Trinajstić information content (AvgIpc) is 2.64. The number of hydrogen-bond donors (Lipinski definition) is 0. The van der Waals surface area contributed by atoms with Crippen molar-refractivity contribution in [3.8, 4) is 23.8 Å². The predicted molar refractivity (Wildman–Crippen MR) is 98.2 cm³/mol. The molecule has 0 saturated carbocycles. The molecule has 3 aromatic heterocycles. The quantitative estimate of drug-likeness (QED) is 0.522. The van der Waals surface area contributed by atoms with Gasteiger partial charge in [-0.15, -0.1) is 6.42 Å². The van der Waals surface area contributed by atoms with E-state index in [2.05, 4.69) is 20.9 Å². The van der Waals surface area contributed by atoms with Crippen LogP contribution >= 0.6 is 0 Å². The first kappa shape index (κ1) is 17.3. The molecule has 0 amide bonds. The first-order valence-corrected chi connectivity index (χ1v) is 8.07. The molecule has 5 nitrogen and oxygen atoms in total. The lowest BCUT2D eigenvalue weighted by atomic mass is 10.1. The number of nitrogens with zero attached hydrogens (tertiary/aromatic N) is 3. The molecule has 3 heterocycles. The smallest absolute Gasteiger partial charge is 0.187 e. The Morgan fingerprint density at radius 2 is 1.88 bits per heavy atom. The summed E-state index contributed by atoms with van der Waals surface area (Å²) in [6.07, 6.45) is 8.67. The van der Waals surface area contributed by atoms with E-state index >= 15 is 0 Å². The van der Waals surface area contributed by atoms with E-state index in [-0.39, 0.29) is 12.2 Å². The highest BCUT2D eigenvalue weighted by Gasteiger charge is 2.12. The summed E-state index contributed by atoms with van der Waals surface area (Å²) in [7, 11) is 0. The van der Waals surface area contributed by atoms with Gasteiger partial charge in [0.2, 0.25) is 0 Å². The van der Waals surface area contributed by atoms with Crippen LogP contribution in [0.2, 0.25) is 0 Å². The molecule has 0 fully saturated rings. The molecule has 0 aliphatic carbocycles. The standard InChI is InChI=1S/C21H17N3O2/c1-4-16-6-7-17(23-12-16)10-21(25)20-11-19(9-15(3)24-20)26-18-8-5-14(2)22-13-18/h1,5-9,11-13H,10H2,2-3H3. The van der Waals surface area contributed by atoms with Crippen molar-refractivity contribution in [1.82, 2.24) is 15.0 Å². The summed E-state index contributed by atoms with van der Waals surface area (Å²) in [5.41, 5.74) is 3.26. The van der Waals surface area contributed by atoms with Crippen LogP contribution in [0.5, 0.6) is 11.5 Å². The number of carbonyl (C=O) groups excluding carboxylic acids is 1. The van der Waals surface area contributed by atoms with Crippen molar-refractivity contribution in [1.29, 1.82) is 0 Å². The van der Waals surface area contributed by atoms with Crippen molar-refractivity contribution < 1.29 is 9.53 Å². The Morgan fingerprint density at radius 1 is 1.04 bits per heavy atom. The van der Waals surface area contributed by atoms with Gasteiger partial charge in [0.15, 0.2) is 5.78 Å². The number of hydrogen-bond acceptors (Lipinski definition) is 5. The molecule has 0 N–H and O–H groups in total. The van der Waals surface area contributed by atoms with Gasteiger partial charge in [-0.05, 0) is 38.1 Å². The number of ketones is 1. The largest absolute Gasteiger partial charge is 0.456 e. The molecule has 0 radical (unpaired) electrons. The van der Waals surface area contributed by atoms with Gasteiger partial charge in [-0.3, -0.25) is 14.8 Å². The van der Waals surface area contributed by atoms with E-state index in [1.807, 2.05) is 26.0 Å². The Hall–Kier alpha value is -3.52. The molecule has 26 heavy (non-hydrogen) atoms. The normalized spacial score (nSPS) is 10.2. The number of rotatable bonds is 5. The van der Waals surface area contributed by atoms with Crippen LogP contribution < -0.4 is 4.74 Å². The minimum atomic E-state index is -0.137. The maximum atomic E-state index is 12.6. The van der Waals surface area contributed by atoms with Crippen molar-refractivity contribution in [2.24, 2.45) is 0 Å². The summed E-state index contributed by atoms with van der Waals surface area (Å²) in [5.74, 6) is 3.51. The highest BCUT2D eigenvalue weighted by atomic mass is 16.5. The van der Waals surface area contributed by atoms with E-state index in [0.717, 1.165) is 5.69 Å². The molecule has 3 aromatic rings. The summed E-state index contributed by atoms with van der Waals surface area (Å²) in [5, 5.41) is 0. The van der Waals surface area contributed by atoms with Crippen LogP contribution in [0.25, 0.3) is 0 Å². The Balaban J connectivity index is 1.78. The van der Waals surface area contributed by atoms with E-state index in [1.165, 1.54) is 0 Å². The molecule has 3 rings (SSSR count). The van der Waals surface area contributed by atoms with Crippen LogP contribution in [-0.2, 0) is 6.42 Å². The molecule has 0 unspecified atom stereocenters. The second-order valence-corrected chi connectivity index (χ2v) is 5.85. The van der Waals surface area contributed by atoms with Crippen LogP contribution in [0, 0.1) is 26.2 Å². The van der Waals surface area contributed by atoms with Crippen molar-refractivity contribution in [2.45, 2.75) is 20.3 Å². The van der Waals surface area contributed by atoms with Crippen molar-refractivity contribution in [3.63, 3.8) is 0 Å². The molecule has 0 atom stereocenters. The first-order valence-electron chi connectivity index (χ1n) is 8.07. The van der Waals surface area contributed by atoms with Gasteiger partial charge in [0, 0.05) is 41.0 Å². The van der Waals surface area contributed by atoms with Gasteiger partial charge in [-0.2, -0.15) is 0 Å². The van der Waals surface area contributed by atoms with Gasteiger partial charge < -0.3 is 4.74 Å². The third kappa shape index (κ3) is 4.31. The zero-order chi connectivity index (χ0) is 18.5. The zero-order valence-corrected chi connectivity index (χ0v) is 14.6. The first-order chi connectivity index (χ1) is 12.5. The number of terminal acetylenes is 1. The Bertz CT molecular complexity index is 972. The van der Waals surface area contributed by atoms with Gasteiger partial charge in [0.25, 0.3) is 0 Å². The third-order valence-corrected chi connectivity index (χ3v) is 3.67. The fourth-order valence-corrected chi connectivity index (χ4v) is 2.36. The summed E-state index contributed by atoms with van der Waals surface area (Å²) < 4.78 is 5.79. The lowest BCUT2D eigenvalue weighted by Crippen LogP contribution is -2.08. The molecule has 128 valence electrons. The lowest BCUT2D eigenvalue weighted by molar-refractivity contribution is 0.0986. The monoisotopic (exact) mass is 343 g/mol. The van der Waals surface area contributed by atoms with E-state index < -0.39 is 0 Å². The summed E-state index contributed by atoms with van der Waals surface area (Å²) >= 11 is 0. The molecule has 0 aromatic carbocycles. The minimum absolute atomic E-state index is 0.137. The van der Waals surface area contributed by atoms with Crippen LogP contribution in [0.3, 0.4) is 0 Å². The van der Waals surface area contributed by atoms with Crippen LogP contribution in [0.4, 0.5) is 0 Å². The van der Waals surface area contributed by atoms with Crippen molar-refractivity contribution in [2.75, 3.05) is 0 Å². The van der Waals surface area contributed by atoms with Crippen LogP contribution in [0.1, 0.15) is 33.1 Å². The van der Waals surface area contributed by atoms with E-state index in [9.17, 15) is 4.79 Å². The van der Waals surface area contributed by atoms with Crippen LogP contribution in [0.15, 0.2) is 48.8 Å². The molecule has 0 aliphatic rings. The number of Topliss-reactive ketones (excluding diaryl/α,β-unsaturated/α-hetero) is 1. The highest BCUT2D eigenvalue weighted by molar-refractivity contribution is 5.95. The number of aryl methyl sites for hydroxylation is 2. The maximum Gasteiger partial charge on any atom is 0.187 e. The summed E-state index contributed by atoms with van der Waals surface area (Å²) in [6, 6.07) is 10.6. The van der Waals surface area contributed by atoms with Gasteiger partial charge in [-0.25, -0.2) is 4.98 Å². The van der Waals surface area contributed by atoms with Crippen molar-refractivity contribution >= 4 is 5.78 Å². The Labute approximate surface area is 152 Å². The number of carbonyl (C=O) groups is 1. The molecular formula is C21H17N3O2. The topological polar surface area (TPSA) is 65.0 Å². The maximum absolute atomic E-state index is 12.6. The lowest BCUT2D eigenvalue weighted by Gasteiger charge is -2.08. The summed E-state index contributed by atoms with van der Waals surface area (Å²) in [6.45, 7) is 3.72. The van der Waals surface area contributed by atoms with Gasteiger partial charge in [-0.1, -0.05) is 5.92 Å². The molecule has 0 bridgehead atoms. The second-order valence-electron chi connectivity index (χ2n) is 5.85. The van der Waals surface area contributed by atoms with E-state index in [0.29, 0.717) is 34.1 Å². The minimum Gasteiger partial charge on any atom is -0.456 e. The van der Waals surface area contributed by atoms with E-state index in [1.54, 1.807) is 36.7 Å². The summed E-state index contributed by atoms with van der Waals surface area (Å²) in [4.78, 5) is 25.3. The average molecular weight is 343 g/mol. The van der Waals surface area contributed by atoms with Crippen LogP contribution in [-0.4, -0.2) is 20.7 Å². The zero-order valence-electron chi connectivity index (χ0n) is 14.6. The Morgan fingerprint density at radius 3 is 2.54 bits per heavy atom. The van der Waals surface area contributed by atoms with E-state index in [4.69, 9.17) is 11.2 Å². The molecule has 0 aliphatic heterocycles. The number of pyridine rings is 3. The van der Waals surface area contributed by atoms with Crippen molar-refractivity contribution in [3.05, 3.63) is 77.1 Å². The highest BCUT2D eigenvalue weighted by Crippen LogP contribution is 2.22. The number of aromatic nitrogens is 3. The molecule has 0 saturated heterocycles. The molecular weight excluding hydrogens is 326 g/mol. The Kier molecular flexibility index (Phi) is 5.04. The molecule has 0 spiro atoms. The number of ether oxygens (including phenoxy) is 1. The predicted octanol–water partition coefficient (Wildman–Crippen LogP) is 3.69. The fourth-order valence-electron chi connectivity index (χ4n) is 2.36. The molecule has 5 heteroatoms. The van der Waals surface area contributed by atoms with Gasteiger partial charge in [0.1, 0.15) is 17.2 Å². The SMILES string of the molecule is C#Cc1ccc(CC(=O)c2cc(Oc3ccc(C)nc3)cc(C)n2)nc1. The third-order valence-electron chi connectivity index (χ3n) is 3.67. The van der Waals surface area contributed by atoms with Gasteiger partial charge >= 0.3 is 0 Å². The van der Waals surface area contributed by atoms with Gasteiger partial charge in [0.05, 0.1) is 12.6 Å².